The second-order valence-corrected chi connectivity index (χ2v) is 6.81. The summed E-state index contributed by atoms with van der Waals surface area (Å²) in [5.74, 6) is -0.492. The number of rotatable bonds is 4. The van der Waals surface area contributed by atoms with Gasteiger partial charge in [-0.1, -0.05) is 0 Å². The Morgan fingerprint density at radius 2 is 2.22 bits per heavy atom. The van der Waals surface area contributed by atoms with E-state index in [-0.39, 0.29) is 16.7 Å². The van der Waals surface area contributed by atoms with Gasteiger partial charge in [0, 0.05) is 23.4 Å². The highest BCUT2D eigenvalue weighted by atomic mass is 35.7. The minimum absolute atomic E-state index is 0.0336. The highest BCUT2D eigenvalue weighted by molar-refractivity contribution is 8.13. The van der Waals surface area contributed by atoms with E-state index in [1.165, 1.54) is 16.8 Å². The van der Waals surface area contributed by atoms with Crippen molar-refractivity contribution in [3.8, 4) is 0 Å². The van der Waals surface area contributed by atoms with Gasteiger partial charge in [-0.15, -0.1) is 0 Å². The number of aryl methyl sites for hydroxylation is 1. The number of hydrogen-bond acceptors (Lipinski definition) is 4. The molecule has 0 saturated heterocycles. The molecule has 100 valence electrons. The second kappa shape index (κ2) is 4.93. The van der Waals surface area contributed by atoms with Crippen molar-refractivity contribution in [3.05, 3.63) is 18.0 Å². The summed E-state index contributed by atoms with van der Waals surface area (Å²) in [7, 11) is 1.43. The van der Waals surface area contributed by atoms with E-state index < -0.39 is 15.0 Å². The smallest absolute Gasteiger partial charge is 0.355 e. The molecule has 0 amide bonds. The van der Waals surface area contributed by atoms with E-state index in [0.29, 0.717) is 6.54 Å². The number of aromatic nitrogens is 1. The van der Waals surface area contributed by atoms with E-state index in [9.17, 15) is 13.2 Å². The van der Waals surface area contributed by atoms with Crippen LogP contribution in [0.3, 0.4) is 0 Å². The van der Waals surface area contributed by atoms with E-state index in [0.717, 1.165) is 19.3 Å². The minimum Gasteiger partial charge on any atom is -0.458 e. The Morgan fingerprint density at radius 3 is 2.67 bits per heavy atom. The van der Waals surface area contributed by atoms with Crippen LogP contribution in [0.25, 0.3) is 0 Å². The lowest BCUT2D eigenvalue weighted by molar-refractivity contribution is 0.00788. The zero-order valence-electron chi connectivity index (χ0n) is 9.93. The number of nitrogens with zero attached hydrogens (tertiary/aromatic N) is 1. The average molecular weight is 292 g/mol. The Labute approximate surface area is 110 Å². The third kappa shape index (κ3) is 2.70. The summed E-state index contributed by atoms with van der Waals surface area (Å²) in [6, 6.07) is 1.26. The van der Waals surface area contributed by atoms with Crippen molar-refractivity contribution < 1.29 is 17.9 Å². The normalized spacial score (nSPS) is 16.3. The fourth-order valence-corrected chi connectivity index (χ4v) is 2.51. The molecule has 0 N–H and O–H groups in total. The SMILES string of the molecule is CCn1cc(S(=O)(=O)Cl)cc1C(=O)OC1CCC1. The second-order valence-electron chi connectivity index (χ2n) is 4.24. The van der Waals surface area contributed by atoms with Gasteiger partial charge in [-0.2, -0.15) is 0 Å². The van der Waals surface area contributed by atoms with Gasteiger partial charge in [0.15, 0.2) is 0 Å². The third-order valence-corrected chi connectivity index (χ3v) is 4.35. The summed E-state index contributed by atoms with van der Waals surface area (Å²) < 4.78 is 29.2. The van der Waals surface area contributed by atoms with Gasteiger partial charge in [0.1, 0.15) is 16.7 Å². The van der Waals surface area contributed by atoms with E-state index >= 15 is 0 Å². The van der Waals surface area contributed by atoms with Gasteiger partial charge in [-0.25, -0.2) is 13.2 Å². The number of ether oxygens (including phenoxy) is 1. The lowest BCUT2D eigenvalue weighted by atomic mass is 9.96. The van der Waals surface area contributed by atoms with Crippen LogP contribution < -0.4 is 0 Å². The van der Waals surface area contributed by atoms with Crippen LogP contribution in [-0.4, -0.2) is 25.1 Å². The van der Waals surface area contributed by atoms with Crippen molar-refractivity contribution in [1.29, 1.82) is 0 Å². The molecule has 0 aliphatic heterocycles. The maximum absolute atomic E-state index is 11.9. The zero-order valence-corrected chi connectivity index (χ0v) is 11.5. The quantitative estimate of drug-likeness (QED) is 0.630. The summed E-state index contributed by atoms with van der Waals surface area (Å²) in [5, 5.41) is 0. The summed E-state index contributed by atoms with van der Waals surface area (Å²) >= 11 is 0. The molecule has 2 rings (SSSR count). The number of halogens is 1. The molecule has 0 atom stereocenters. The van der Waals surface area contributed by atoms with Crippen LogP contribution in [-0.2, 0) is 20.3 Å². The van der Waals surface area contributed by atoms with E-state index in [2.05, 4.69) is 0 Å². The van der Waals surface area contributed by atoms with Crippen molar-refractivity contribution in [1.82, 2.24) is 4.57 Å². The molecule has 1 aromatic heterocycles. The molecule has 5 nitrogen and oxygen atoms in total. The molecule has 0 radical (unpaired) electrons. The first-order valence-corrected chi connectivity index (χ1v) is 8.08. The average Bonchev–Trinajstić information content (AvgIpc) is 2.66. The molecule has 0 aromatic carbocycles. The molecule has 1 aliphatic rings. The zero-order chi connectivity index (χ0) is 13.3. The fourth-order valence-electron chi connectivity index (χ4n) is 1.75. The number of hydrogen-bond donors (Lipinski definition) is 0. The van der Waals surface area contributed by atoms with Crippen molar-refractivity contribution >= 4 is 25.7 Å². The van der Waals surface area contributed by atoms with Crippen molar-refractivity contribution in [3.63, 3.8) is 0 Å². The first kappa shape index (κ1) is 13.4. The fraction of sp³-hybridized carbons (Fsp3) is 0.545. The van der Waals surface area contributed by atoms with Crippen LogP contribution in [0.4, 0.5) is 0 Å². The molecule has 0 bridgehead atoms. The Hall–Kier alpha value is -1.01. The number of esters is 1. The lowest BCUT2D eigenvalue weighted by Gasteiger charge is -2.25. The molecule has 1 aliphatic carbocycles. The van der Waals surface area contributed by atoms with Crippen LogP contribution in [0.15, 0.2) is 17.2 Å². The molecule has 1 fully saturated rings. The topological polar surface area (TPSA) is 65.4 Å². The van der Waals surface area contributed by atoms with Crippen LogP contribution in [0.5, 0.6) is 0 Å². The maximum Gasteiger partial charge on any atom is 0.355 e. The van der Waals surface area contributed by atoms with Gasteiger partial charge < -0.3 is 9.30 Å². The molecular weight excluding hydrogens is 278 g/mol. The van der Waals surface area contributed by atoms with Gasteiger partial charge in [-0.05, 0) is 32.3 Å². The van der Waals surface area contributed by atoms with Crippen LogP contribution in [0.1, 0.15) is 36.7 Å². The molecule has 0 spiro atoms. The molecule has 0 unspecified atom stereocenters. The number of carbonyl (C=O) groups excluding carboxylic acids is 1. The van der Waals surface area contributed by atoms with E-state index in [1.54, 1.807) is 0 Å². The Kier molecular flexibility index (Phi) is 3.68. The summed E-state index contributed by atoms with van der Waals surface area (Å²) in [6.07, 6.45) is 4.13. The molecular formula is C11H14ClNO4S. The Bertz CT molecular complexity index is 560. The van der Waals surface area contributed by atoms with Crippen molar-refractivity contribution in [2.24, 2.45) is 0 Å². The van der Waals surface area contributed by atoms with Gasteiger partial charge in [0.2, 0.25) is 0 Å². The number of carbonyl (C=O) groups is 1. The molecule has 7 heteroatoms. The Morgan fingerprint density at radius 1 is 1.56 bits per heavy atom. The monoisotopic (exact) mass is 291 g/mol. The molecule has 1 aromatic rings. The van der Waals surface area contributed by atoms with Crippen LogP contribution in [0.2, 0.25) is 0 Å². The van der Waals surface area contributed by atoms with Crippen molar-refractivity contribution in [2.45, 2.75) is 43.7 Å². The van der Waals surface area contributed by atoms with E-state index in [4.69, 9.17) is 15.4 Å². The minimum atomic E-state index is -3.82. The van der Waals surface area contributed by atoms with Gasteiger partial charge in [0.05, 0.1) is 0 Å². The molecule has 18 heavy (non-hydrogen) atoms. The predicted molar refractivity (Wildman–Crippen MR) is 66.2 cm³/mol. The van der Waals surface area contributed by atoms with Crippen LogP contribution >= 0.6 is 10.7 Å². The Balaban J connectivity index is 2.25. The third-order valence-electron chi connectivity index (χ3n) is 3.03. The first-order valence-electron chi connectivity index (χ1n) is 5.77. The molecule has 1 heterocycles. The lowest BCUT2D eigenvalue weighted by Crippen LogP contribution is -2.26. The van der Waals surface area contributed by atoms with Crippen molar-refractivity contribution in [2.75, 3.05) is 0 Å². The summed E-state index contributed by atoms with van der Waals surface area (Å²) in [5.41, 5.74) is 0.226. The molecule has 1 saturated carbocycles. The van der Waals surface area contributed by atoms with Gasteiger partial charge in [-0.3, -0.25) is 0 Å². The van der Waals surface area contributed by atoms with Crippen LogP contribution in [0, 0.1) is 0 Å². The maximum atomic E-state index is 11.9. The highest BCUT2D eigenvalue weighted by Crippen LogP contribution is 2.25. The summed E-state index contributed by atoms with van der Waals surface area (Å²) in [4.78, 5) is 11.8. The predicted octanol–water partition coefficient (Wildman–Crippen LogP) is 2.14. The van der Waals surface area contributed by atoms with Gasteiger partial charge >= 0.3 is 5.97 Å². The van der Waals surface area contributed by atoms with Gasteiger partial charge in [0.25, 0.3) is 9.05 Å². The summed E-state index contributed by atoms with van der Waals surface area (Å²) in [6.45, 7) is 2.28. The van der Waals surface area contributed by atoms with E-state index in [1.807, 2.05) is 6.92 Å². The highest BCUT2D eigenvalue weighted by Gasteiger charge is 2.25. The standard InChI is InChI=1S/C11H14ClNO4S/c1-2-13-7-9(18(12,15)16)6-10(13)11(14)17-8-4-3-5-8/h6-8H,2-5H2,1H3. The largest absolute Gasteiger partial charge is 0.458 e. The first-order chi connectivity index (χ1) is 8.41.